The summed E-state index contributed by atoms with van der Waals surface area (Å²) in [5, 5.41) is 10.1. The van der Waals surface area contributed by atoms with Crippen LogP contribution in [0, 0.1) is 11.8 Å². The molecule has 2 atom stereocenters. The van der Waals surface area contributed by atoms with Crippen molar-refractivity contribution in [1.82, 2.24) is 0 Å². The third-order valence-corrected chi connectivity index (χ3v) is 3.11. The van der Waals surface area contributed by atoms with Gasteiger partial charge in [-0.15, -0.1) is 0 Å². The number of allylic oxidation sites excluding steroid dienone is 4. The Balaban J connectivity index is 2.86. The first-order valence-corrected chi connectivity index (χ1v) is 5.47. The first-order chi connectivity index (χ1) is 6.45. The van der Waals surface area contributed by atoms with Gasteiger partial charge in [0.05, 0.1) is 5.60 Å². The summed E-state index contributed by atoms with van der Waals surface area (Å²) in [6, 6.07) is 0. The van der Waals surface area contributed by atoms with Crippen molar-refractivity contribution >= 4 is 0 Å². The molecule has 0 saturated carbocycles. The maximum Gasteiger partial charge on any atom is 0.0628 e. The SMILES string of the molecule is C/C=C/C1C=C(C)CCC1C(C)(C)O. The van der Waals surface area contributed by atoms with Gasteiger partial charge in [0, 0.05) is 5.92 Å². The Morgan fingerprint density at radius 1 is 1.50 bits per heavy atom. The summed E-state index contributed by atoms with van der Waals surface area (Å²) in [5.74, 6) is 0.774. The van der Waals surface area contributed by atoms with Crippen molar-refractivity contribution in [3.05, 3.63) is 23.8 Å². The summed E-state index contributed by atoms with van der Waals surface area (Å²) in [5.41, 5.74) is 0.884. The largest absolute Gasteiger partial charge is 0.390 e. The molecule has 0 spiro atoms. The van der Waals surface area contributed by atoms with Crippen LogP contribution in [0.3, 0.4) is 0 Å². The lowest BCUT2D eigenvalue weighted by Crippen LogP contribution is -2.36. The fourth-order valence-corrected chi connectivity index (χ4v) is 2.34. The van der Waals surface area contributed by atoms with E-state index < -0.39 is 5.60 Å². The molecular formula is C13H22O. The Morgan fingerprint density at radius 2 is 2.14 bits per heavy atom. The lowest BCUT2D eigenvalue weighted by molar-refractivity contribution is -0.000265. The van der Waals surface area contributed by atoms with Crippen LogP contribution in [0.15, 0.2) is 23.8 Å². The predicted molar refractivity (Wildman–Crippen MR) is 61.1 cm³/mol. The highest BCUT2D eigenvalue weighted by molar-refractivity contribution is 5.14. The fraction of sp³-hybridized carbons (Fsp3) is 0.692. The van der Waals surface area contributed by atoms with Gasteiger partial charge in [-0.1, -0.05) is 23.8 Å². The number of rotatable bonds is 2. The molecule has 2 unspecified atom stereocenters. The van der Waals surface area contributed by atoms with Gasteiger partial charge in [-0.3, -0.25) is 0 Å². The second-order valence-electron chi connectivity index (χ2n) is 4.91. The zero-order valence-corrected chi connectivity index (χ0v) is 9.75. The van der Waals surface area contributed by atoms with Gasteiger partial charge < -0.3 is 5.11 Å². The van der Waals surface area contributed by atoms with Crippen LogP contribution in [-0.4, -0.2) is 10.7 Å². The summed E-state index contributed by atoms with van der Waals surface area (Å²) in [6.45, 7) is 8.06. The third kappa shape index (κ3) is 2.71. The molecule has 0 amide bonds. The normalized spacial score (nSPS) is 29.4. The molecule has 14 heavy (non-hydrogen) atoms. The van der Waals surface area contributed by atoms with Crippen LogP contribution in [0.4, 0.5) is 0 Å². The Labute approximate surface area is 87.5 Å². The molecule has 1 rings (SSSR count). The van der Waals surface area contributed by atoms with Gasteiger partial charge in [-0.05, 0) is 46.5 Å². The quantitative estimate of drug-likeness (QED) is 0.669. The van der Waals surface area contributed by atoms with Gasteiger partial charge in [0.15, 0.2) is 0 Å². The first-order valence-electron chi connectivity index (χ1n) is 5.47. The molecule has 1 N–H and O–H groups in total. The summed E-state index contributed by atoms with van der Waals surface area (Å²) in [6.07, 6.45) is 8.81. The van der Waals surface area contributed by atoms with E-state index in [-0.39, 0.29) is 0 Å². The summed E-state index contributed by atoms with van der Waals surface area (Å²) < 4.78 is 0. The monoisotopic (exact) mass is 194 g/mol. The number of aliphatic hydroxyl groups is 1. The molecule has 0 aromatic rings. The molecule has 1 heteroatoms. The number of hydrogen-bond acceptors (Lipinski definition) is 1. The zero-order chi connectivity index (χ0) is 10.8. The summed E-state index contributed by atoms with van der Waals surface area (Å²) >= 11 is 0. The molecule has 1 aliphatic rings. The van der Waals surface area contributed by atoms with E-state index in [2.05, 4.69) is 25.2 Å². The van der Waals surface area contributed by atoms with E-state index >= 15 is 0 Å². The van der Waals surface area contributed by atoms with E-state index in [1.807, 2.05) is 20.8 Å². The molecule has 0 bridgehead atoms. The van der Waals surface area contributed by atoms with Gasteiger partial charge in [0.1, 0.15) is 0 Å². The Morgan fingerprint density at radius 3 is 2.64 bits per heavy atom. The molecule has 1 nitrogen and oxygen atoms in total. The van der Waals surface area contributed by atoms with Crippen molar-refractivity contribution in [2.75, 3.05) is 0 Å². The topological polar surface area (TPSA) is 20.2 Å². The van der Waals surface area contributed by atoms with Gasteiger partial charge in [0.2, 0.25) is 0 Å². The minimum atomic E-state index is -0.568. The van der Waals surface area contributed by atoms with Crippen molar-refractivity contribution in [2.24, 2.45) is 11.8 Å². The first kappa shape index (κ1) is 11.5. The van der Waals surface area contributed by atoms with Crippen molar-refractivity contribution < 1.29 is 5.11 Å². The van der Waals surface area contributed by atoms with Crippen LogP contribution in [0.1, 0.15) is 40.5 Å². The molecule has 0 aromatic heterocycles. The van der Waals surface area contributed by atoms with Gasteiger partial charge in [0.25, 0.3) is 0 Å². The predicted octanol–water partition coefficient (Wildman–Crippen LogP) is 3.31. The molecule has 0 fully saturated rings. The molecule has 0 heterocycles. The molecule has 0 saturated heterocycles. The maximum atomic E-state index is 10.1. The minimum absolute atomic E-state index is 0.363. The molecule has 80 valence electrons. The second-order valence-corrected chi connectivity index (χ2v) is 4.91. The standard InChI is InChI=1S/C13H22O/c1-5-6-11-9-10(2)7-8-12(11)13(3,4)14/h5-6,9,11-12,14H,7-8H2,1-4H3/b6-5+. The van der Waals surface area contributed by atoms with Crippen LogP contribution in [0.5, 0.6) is 0 Å². The average molecular weight is 194 g/mol. The number of hydrogen-bond donors (Lipinski definition) is 1. The van der Waals surface area contributed by atoms with Gasteiger partial charge >= 0.3 is 0 Å². The lowest BCUT2D eigenvalue weighted by Gasteiger charge is -2.36. The molecule has 0 radical (unpaired) electrons. The van der Waals surface area contributed by atoms with Crippen LogP contribution in [-0.2, 0) is 0 Å². The second kappa shape index (κ2) is 4.31. The van der Waals surface area contributed by atoms with Crippen molar-refractivity contribution in [2.45, 2.75) is 46.1 Å². The van der Waals surface area contributed by atoms with Crippen molar-refractivity contribution in [1.29, 1.82) is 0 Å². The smallest absolute Gasteiger partial charge is 0.0628 e. The Bertz CT molecular complexity index is 242. The fourth-order valence-electron chi connectivity index (χ4n) is 2.34. The summed E-state index contributed by atoms with van der Waals surface area (Å²) in [4.78, 5) is 0. The van der Waals surface area contributed by atoms with Crippen LogP contribution < -0.4 is 0 Å². The van der Waals surface area contributed by atoms with E-state index in [4.69, 9.17) is 0 Å². The average Bonchev–Trinajstić information content (AvgIpc) is 2.02. The molecule has 0 aromatic carbocycles. The highest BCUT2D eigenvalue weighted by atomic mass is 16.3. The van der Waals surface area contributed by atoms with E-state index in [1.54, 1.807) is 0 Å². The Hall–Kier alpha value is -0.560. The Kier molecular flexibility index (Phi) is 3.54. The third-order valence-electron chi connectivity index (χ3n) is 3.11. The van der Waals surface area contributed by atoms with Crippen molar-refractivity contribution in [3.63, 3.8) is 0 Å². The maximum absolute atomic E-state index is 10.1. The summed E-state index contributed by atoms with van der Waals surface area (Å²) in [7, 11) is 0. The van der Waals surface area contributed by atoms with E-state index in [0.717, 1.165) is 12.8 Å². The molecule has 1 aliphatic carbocycles. The van der Waals surface area contributed by atoms with Gasteiger partial charge in [-0.2, -0.15) is 0 Å². The van der Waals surface area contributed by atoms with Crippen LogP contribution in [0.25, 0.3) is 0 Å². The highest BCUT2D eigenvalue weighted by Crippen LogP contribution is 2.36. The van der Waals surface area contributed by atoms with E-state index in [0.29, 0.717) is 11.8 Å². The van der Waals surface area contributed by atoms with Gasteiger partial charge in [-0.25, -0.2) is 0 Å². The van der Waals surface area contributed by atoms with E-state index in [1.165, 1.54) is 5.57 Å². The van der Waals surface area contributed by atoms with E-state index in [9.17, 15) is 5.11 Å². The van der Waals surface area contributed by atoms with Crippen LogP contribution in [0.2, 0.25) is 0 Å². The highest BCUT2D eigenvalue weighted by Gasteiger charge is 2.33. The van der Waals surface area contributed by atoms with Crippen molar-refractivity contribution in [3.8, 4) is 0 Å². The molecular weight excluding hydrogens is 172 g/mol. The lowest BCUT2D eigenvalue weighted by atomic mass is 9.72. The van der Waals surface area contributed by atoms with Crippen LogP contribution >= 0.6 is 0 Å². The zero-order valence-electron chi connectivity index (χ0n) is 9.75. The molecule has 0 aliphatic heterocycles. The minimum Gasteiger partial charge on any atom is -0.390 e.